The zero-order valence-corrected chi connectivity index (χ0v) is 17.2. The minimum atomic E-state index is -0.506. The number of carbonyl (C=O) groups excluding carboxylic acids is 1. The van der Waals surface area contributed by atoms with Crippen LogP contribution in [0.5, 0.6) is 0 Å². The first kappa shape index (κ1) is 19.9. The Kier molecular flexibility index (Phi) is 5.45. The van der Waals surface area contributed by atoms with Crippen molar-refractivity contribution >= 4 is 17.1 Å². The molecule has 8 nitrogen and oxygen atoms in total. The number of amides is 1. The molecule has 1 saturated heterocycles. The van der Waals surface area contributed by atoms with E-state index in [4.69, 9.17) is 9.72 Å². The number of aryl methyl sites for hydroxylation is 1. The predicted octanol–water partition coefficient (Wildman–Crippen LogP) is 2.27. The van der Waals surface area contributed by atoms with Crippen LogP contribution in [0, 0.1) is 11.8 Å². The number of nitrogens with zero attached hydrogens (tertiary/aromatic N) is 5. The van der Waals surface area contributed by atoms with Gasteiger partial charge >= 0.3 is 6.09 Å². The quantitative estimate of drug-likeness (QED) is 0.741. The molecule has 8 heteroatoms. The second kappa shape index (κ2) is 7.66. The molecule has 0 saturated carbocycles. The van der Waals surface area contributed by atoms with Crippen molar-refractivity contribution < 1.29 is 9.53 Å². The Bertz CT molecular complexity index is 995. The zero-order valence-electron chi connectivity index (χ0n) is 17.2. The van der Waals surface area contributed by atoms with E-state index in [0.717, 1.165) is 18.7 Å². The highest BCUT2D eigenvalue weighted by Crippen LogP contribution is 2.30. The highest BCUT2D eigenvalue weighted by molar-refractivity contribution is 5.74. The number of likely N-dealkylation sites (tertiary alicyclic amines) is 1. The third-order valence-electron chi connectivity index (χ3n) is 4.80. The summed E-state index contributed by atoms with van der Waals surface area (Å²) in [7, 11) is 1.63. The minimum Gasteiger partial charge on any atom is -0.444 e. The highest BCUT2D eigenvalue weighted by atomic mass is 16.6. The van der Waals surface area contributed by atoms with E-state index in [1.54, 1.807) is 25.1 Å². The molecule has 0 radical (unpaired) electrons. The van der Waals surface area contributed by atoms with E-state index in [9.17, 15) is 9.59 Å². The van der Waals surface area contributed by atoms with E-state index in [2.05, 4.69) is 16.9 Å². The first-order valence-electron chi connectivity index (χ1n) is 9.51. The molecule has 1 amide bonds. The standard InChI is InChI=1S/C20H27N5O3/c1-6-7-10-25-16-15(13-21-23(5)18(16)26)22-17(25)14-8-11-24(12-9-14)19(27)28-20(2,3)4/h13-14H,8-12H2,1-5H3. The molecule has 1 aliphatic rings. The maximum atomic E-state index is 12.6. The minimum absolute atomic E-state index is 0.148. The van der Waals surface area contributed by atoms with Gasteiger partial charge in [-0.05, 0) is 40.5 Å². The topological polar surface area (TPSA) is 82.2 Å². The van der Waals surface area contributed by atoms with Gasteiger partial charge in [-0.3, -0.25) is 4.79 Å². The first-order chi connectivity index (χ1) is 13.2. The molecule has 28 heavy (non-hydrogen) atoms. The van der Waals surface area contributed by atoms with Gasteiger partial charge in [0.2, 0.25) is 0 Å². The van der Waals surface area contributed by atoms with Gasteiger partial charge in [0.05, 0.1) is 12.7 Å². The number of imidazole rings is 1. The van der Waals surface area contributed by atoms with Crippen molar-refractivity contribution in [2.24, 2.45) is 7.05 Å². The van der Waals surface area contributed by atoms with Gasteiger partial charge in [0.1, 0.15) is 22.5 Å². The highest BCUT2D eigenvalue weighted by Gasteiger charge is 2.30. The molecule has 2 aromatic heterocycles. The lowest BCUT2D eigenvalue weighted by Crippen LogP contribution is -2.41. The van der Waals surface area contributed by atoms with Gasteiger partial charge < -0.3 is 14.2 Å². The van der Waals surface area contributed by atoms with Gasteiger partial charge in [0.15, 0.2) is 0 Å². The molecule has 0 N–H and O–H groups in total. The van der Waals surface area contributed by atoms with Crippen LogP contribution in [-0.2, 0) is 18.3 Å². The molecule has 0 bridgehead atoms. The van der Waals surface area contributed by atoms with E-state index < -0.39 is 5.60 Å². The second-order valence-electron chi connectivity index (χ2n) is 8.03. The second-order valence-corrected chi connectivity index (χ2v) is 8.03. The molecule has 0 aliphatic carbocycles. The maximum absolute atomic E-state index is 12.6. The lowest BCUT2D eigenvalue weighted by atomic mass is 9.96. The van der Waals surface area contributed by atoms with Crippen LogP contribution in [0.4, 0.5) is 4.79 Å². The Morgan fingerprint density at radius 1 is 1.32 bits per heavy atom. The van der Waals surface area contributed by atoms with Crippen molar-refractivity contribution in [3.05, 3.63) is 22.4 Å². The molecular weight excluding hydrogens is 358 g/mol. The third-order valence-corrected chi connectivity index (χ3v) is 4.80. The van der Waals surface area contributed by atoms with E-state index in [1.165, 1.54) is 4.68 Å². The van der Waals surface area contributed by atoms with Gasteiger partial charge in [-0.1, -0.05) is 5.92 Å². The van der Waals surface area contributed by atoms with Crippen molar-refractivity contribution in [2.75, 3.05) is 13.1 Å². The van der Waals surface area contributed by atoms with Crippen LogP contribution in [0.3, 0.4) is 0 Å². The monoisotopic (exact) mass is 385 g/mol. The zero-order chi connectivity index (χ0) is 20.5. The lowest BCUT2D eigenvalue weighted by molar-refractivity contribution is 0.0202. The number of piperidine rings is 1. The van der Waals surface area contributed by atoms with Crippen LogP contribution in [0.15, 0.2) is 11.0 Å². The Hall–Kier alpha value is -2.82. The molecular formula is C20H27N5O3. The molecule has 1 aliphatic heterocycles. The Morgan fingerprint density at radius 2 is 2.00 bits per heavy atom. The maximum Gasteiger partial charge on any atom is 0.410 e. The fourth-order valence-corrected chi connectivity index (χ4v) is 3.43. The summed E-state index contributed by atoms with van der Waals surface area (Å²) in [6, 6.07) is 0. The van der Waals surface area contributed by atoms with Crippen molar-refractivity contribution in [3.63, 3.8) is 0 Å². The van der Waals surface area contributed by atoms with Gasteiger partial charge in [0.25, 0.3) is 5.56 Å². The van der Waals surface area contributed by atoms with Crippen LogP contribution in [0.25, 0.3) is 11.0 Å². The summed E-state index contributed by atoms with van der Waals surface area (Å²) < 4.78 is 8.69. The summed E-state index contributed by atoms with van der Waals surface area (Å²) in [5.74, 6) is 6.91. The summed E-state index contributed by atoms with van der Waals surface area (Å²) in [6.45, 7) is 8.97. The van der Waals surface area contributed by atoms with Crippen LogP contribution < -0.4 is 5.56 Å². The number of hydrogen-bond donors (Lipinski definition) is 0. The first-order valence-corrected chi connectivity index (χ1v) is 9.51. The van der Waals surface area contributed by atoms with Crippen molar-refractivity contribution in [3.8, 4) is 11.8 Å². The number of ether oxygens (including phenoxy) is 1. The smallest absolute Gasteiger partial charge is 0.410 e. The molecule has 2 aromatic rings. The average molecular weight is 385 g/mol. The molecule has 150 valence electrons. The Morgan fingerprint density at radius 3 is 2.61 bits per heavy atom. The molecule has 3 heterocycles. The summed E-state index contributed by atoms with van der Waals surface area (Å²) in [5.41, 5.74) is 0.434. The van der Waals surface area contributed by atoms with Crippen LogP contribution >= 0.6 is 0 Å². The van der Waals surface area contributed by atoms with Gasteiger partial charge in [-0.15, -0.1) is 5.92 Å². The largest absolute Gasteiger partial charge is 0.444 e. The van der Waals surface area contributed by atoms with Crippen LogP contribution in [0.1, 0.15) is 52.3 Å². The van der Waals surface area contributed by atoms with E-state index in [-0.39, 0.29) is 17.6 Å². The Labute approximate surface area is 164 Å². The average Bonchev–Trinajstić information content (AvgIpc) is 3.01. The summed E-state index contributed by atoms with van der Waals surface area (Å²) >= 11 is 0. The van der Waals surface area contributed by atoms with Gasteiger partial charge in [-0.25, -0.2) is 14.5 Å². The normalized spacial score (nSPS) is 15.4. The third kappa shape index (κ3) is 4.03. The number of fused-ring (bicyclic) bond motifs is 1. The molecule has 0 aromatic carbocycles. The molecule has 0 spiro atoms. The predicted molar refractivity (Wildman–Crippen MR) is 106 cm³/mol. The van der Waals surface area contributed by atoms with Crippen molar-refractivity contribution in [1.82, 2.24) is 24.2 Å². The number of rotatable bonds is 2. The van der Waals surface area contributed by atoms with Gasteiger partial charge in [0, 0.05) is 26.1 Å². The fourth-order valence-electron chi connectivity index (χ4n) is 3.43. The number of carbonyl (C=O) groups is 1. The summed E-state index contributed by atoms with van der Waals surface area (Å²) in [6.07, 6.45) is 2.85. The summed E-state index contributed by atoms with van der Waals surface area (Å²) in [5, 5.41) is 4.08. The fraction of sp³-hybridized carbons (Fsp3) is 0.600. The molecule has 1 fully saturated rings. The van der Waals surface area contributed by atoms with Crippen molar-refractivity contribution in [1.29, 1.82) is 0 Å². The van der Waals surface area contributed by atoms with E-state index >= 15 is 0 Å². The summed E-state index contributed by atoms with van der Waals surface area (Å²) in [4.78, 5) is 31.3. The lowest BCUT2D eigenvalue weighted by Gasteiger charge is -2.33. The van der Waals surface area contributed by atoms with Crippen molar-refractivity contribution in [2.45, 2.75) is 58.6 Å². The molecule has 0 atom stereocenters. The van der Waals surface area contributed by atoms with Gasteiger partial charge in [-0.2, -0.15) is 5.10 Å². The molecule has 0 unspecified atom stereocenters. The number of hydrogen-bond acceptors (Lipinski definition) is 5. The number of aromatic nitrogens is 4. The van der Waals surface area contributed by atoms with E-state index in [1.807, 2.05) is 25.3 Å². The SMILES string of the molecule is CC#CCn1c(C2CCN(C(=O)OC(C)(C)C)CC2)nc2cnn(C)c(=O)c21. The van der Waals surface area contributed by atoms with E-state index in [0.29, 0.717) is 30.7 Å². The van der Waals surface area contributed by atoms with Crippen LogP contribution in [0.2, 0.25) is 0 Å². The van der Waals surface area contributed by atoms with Crippen LogP contribution in [-0.4, -0.2) is 49.0 Å². The Balaban J connectivity index is 1.86. The molecule has 3 rings (SSSR count).